The van der Waals surface area contributed by atoms with E-state index in [1.165, 1.54) is 49.7 Å². The highest BCUT2D eigenvalue weighted by molar-refractivity contribution is 5.79. The number of hydrogen-bond donors (Lipinski definition) is 2. The van der Waals surface area contributed by atoms with Gasteiger partial charge in [-0.25, -0.2) is 0 Å². The quantitative estimate of drug-likeness (QED) is 0.642. The van der Waals surface area contributed by atoms with E-state index in [4.69, 9.17) is 4.74 Å². The summed E-state index contributed by atoms with van der Waals surface area (Å²) in [5, 5.41) is 7.16. The zero-order chi connectivity index (χ0) is 17.5. The number of nitrogens with one attached hydrogen (secondary N) is 2. The maximum atomic E-state index is 6.13. The third kappa shape index (κ3) is 5.21. The summed E-state index contributed by atoms with van der Waals surface area (Å²) in [6.45, 7) is 3.90. The van der Waals surface area contributed by atoms with Crippen LogP contribution in [0.15, 0.2) is 29.3 Å². The van der Waals surface area contributed by atoms with E-state index in [1.807, 2.05) is 7.05 Å². The minimum absolute atomic E-state index is 0.189. The second-order valence-electron chi connectivity index (χ2n) is 7.54. The first-order valence-electron chi connectivity index (χ1n) is 9.91. The molecule has 1 saturated carbocycles. The molecule has 4 heteroatoms. The third-order valence-corrected chi connectivity index (χ3v) is 5.55. The highest BCUT2D eigenvalue weighted by Crippen LogP contribution is 2.33. The second kappa shape index (κ2) is 9.23. The molecule has 0 aromatic heterocycles. The Morgan fingerprint density at radius 2 is 1.84 bits per heavy atom. The molecule has 4 nitrogen and oxygen atoms in total. The normalized spacial score (nSPS) is 25.6. The van der Waals surface area contributed by atoms with Gasteiger partial charge in [0.25, 0.3) is 0 Å². The number of rotatable bonds is 4. The zero-order valence-electron chi connectivity index (χ0n) is 15.8. The Labute approximate surface area is 152 Å². The van der Waals surface area contributed by atoms with Crippen molar-refractivity contribution in [2.24, 2.45) is 10.9 Å². The van der Waals surface area contributed by atoms with Gasteiger partial charge >= 0.3 is 0 Å². The summed E-state index contributed by atoms with van der Waals surface area (Å²) >= 11 is 0. The number of hydrogen-bond acceptors (Lipinski definition) is 2. The molecule has 0 spiro atoms. The van der Waals surface area contributed by atoms with Gasteiger partial charge in [-0.05, 0) is 38.2 Å². The molecule has 1 aromatic rings. The van der Waals surface area contributed by atoms with Gasteiger partial charge in [0.2, 0.25) is 0 Å². The predicted octanol–water partition coefficient (Wildman–Crippen LogP) is 3.96. The molecule has 2 atom stereocenters. The lowest BCUT2D eigenvalue weighted by Crippen LogP contribution is -2.46. The molecule has 0 bridgehead atoms. The average Bonchev–Trinajstić information content (AvgIpc) is 2.67. The van der Waals surface area contributed by atoms with Gasteiger partial charge in [-0.3, -0.25) is 4.99 Å². The van der Waals surface area contributed by atoms with Crippen molar-refractivity contribution in [3.8, 4) is 0 Å². The lowest BCUT2D eigenvalue weighted by Gasteiger charge is -2.33. The summed E-state index contributed by atoms with van der Waals surface area (Å²) in [5.41, 5.74) is 2.60. The van der Waals surface area contributed by atoms with Crippen LogP contribution in [0.25, 0.3) is 0 Å². The molecule has 2 fully saturated rings. The lowest BCUT2D eigenvalue weighted by molar-refractivity contribution is -0.0265. The standard InChI is InChI=1S/C21H33N3O/c1-16-10-12-17(13-11-16)20-18(7-6-14-25-20)15-23-21(22-2)24-19-8-4-3-5-9-19/h10-13,18-20H,3-9,14-15H2,1-2H3,(H2,22,23,24). The van der Waals surface area contributed by atoms with Crippen LogP contribution in [0.1, 0.15) is 62.2 Å². The van der Waals surface area contributed by atoms with E-state index < -0.39 is 0 Å². The van der Waals surface area contributed by atoms with Gasteiger partial charge in [-0.15, -0.1) is 0 Å². The number of ether oxygens (including phenoxy) is 1. The molecule has 1 aromatic carbocycles. The number of aliphatic imine (C=N–C) groups is 1. The van der Waals surface area contributed by atoms with E-state index in [9.17, 15) is 0 Å². The van der Waals surface area contributed by atoms with Crippen molar-refractivity contribution in [1.82, 2.24) is 10.6 Å². The minimum Gasteiger partial charge on any atom is -0.373 e. The Morgan fingerprint density at radius 3 is 2.56 bits per heavy atom. The van der Waals surface area contributed by atoms with Crippen LogP contribution in [-0.2, 0) is 4.74 Å². The smallest absolute Gasteiger partial charge is 0.191 e. The fourth-order valence-corrected chi connectivity index (χ4v) is 4.04. The van der Waals surface area contributed by atoms with Crippen molar-refractivity contribution >= 4 is 5.96 Å². The van der Waals surface area contributed by atoms with Crippen LogP contribution in [0.5, 0.6) is 0 Å². The summed E-state index contributed by atoms with van der Waals surface area (Å²) in [4.78, 5) is 4.43. The summed E-state index contributed by atoms with van der Waals surface area (Å²) in [7, 11) is 1.87. The van der Waals surface area contributed by atoms with Gasteiger partial charge in [0.1, 0.15) is 0 Å². The molecule has 1 aliphatic carbocycles. The zero-order valence-corrected chi connectivity index (χ0v) is 15.8. The molecule has 2 unspecified atom stereocenters. The Kier molecular flexibility index (Phi) is 6.74. The highest BCUT2D eigenvalue weighted by atomic mass is 16.5. The summed E-state index contributed by atoms with van der Waals surface area (Å²) in [6, 6.07) is 9.37. The molecule has 2 aliphatic rings. The van der Waals surface area contributed by atoms with Gasteiger partial charge in [-0.1, -0.05) is 49.1 Å². The molecule has 3 rings (SSSR count). The van der Waals surface area contributed by atoms with E-state index in [0.29, 0.717) is 12.0 Å². The number of aryl methyl sites for hydroxylation is 1. The van der Waals surface area contributed by atoms with Crippen molar-refractivity contribution in [1.29, 1.82) is 0 Å². The fourth-order valence-electron chi connectivity index (χ4n) is 4.04. The Bertz CT molecular complexity index is 549. The summed E-state index contributed by atoms with van der Waals surface area (Å²) in [5.74, 6) is 1.43. The van der Waals surface area contributed by atoms with Crippen molar-refractivity contribution in [2.75, 3.05) is 20.2 Å². The lowest BCUT2D eigenvalue weighted by atomic mass is 9.89. The van der Waals surface area contributed by atoms with E-state index >= 15 is 0 Å². The molecule has 25 heavy (non-hydrogen) atoms. The molecule has 0 radical (unpaired) electrons. The first-order valence-corrected chi connectivity index (χ1v) is 9.91. The predicted molar refractivity (Wildman–Crippen MR) is 104 cm³/mol. The summed E-state index contributed by atoms with van der Waals surface area (Å²) < 4.78 is 6.13. The Balaban J connectivity index is 1.56. The number of guanidine groups is 1. The van der Waals surface area contributed by atoms with Crippen LogP contribution in [0.4, 0.5) is 0 Å². The Hall–Kier alpha value is -1.55. The van der Waals surface area contributed by atoms with E-state index in [1.54, 1.807) is 0 Å². The first kappa shape index (κ1) is 18.2. The first-order chi connectivity index (χ1) is 12.3. The molecule has 1 saturated heterocycles. The van der Waals surface area contributed by atoms with E-state index in [-0.39, 0.29) is 6.10 Å². The SMILES string of the molecule is CN=C(NCC1CCCOC1c1ccc(C)cc1)NC1CCCCC1. The van der Waals surface area contributed by atoms with E-state index in [2.05, 4.69) is 46.8 Å². The molecule has 138 valence electrons. The topological polar surface area (TPSA) is 45.7 Å². The van der Waals surface area contributed by atoms with Gasteiger partial charge in [-0.2, -0.15) is 0 Å². The summed E-state index contributed by atoms with van der Waals surface area (Å²) in [6.07, 6.45) is 9.10. The van der Waals surface area contributed by atoms with Gasteiger partial charge in [0.05, 0.1) is 6.10 Å². The van der Waals surface area contributed by atoms with Crippen molar-refractivity contribution in [3.63, 3.8) is 0 Å². The molecule has 1 aliphatic heterocycles. The van der Waals surface area contributed by atoms with E-state index in [0.717, 1.165) is 25.5 Å². The fraction of sp³-hybridized carbons (Fsp3) is 0.667. The van der Waals surface area contributed by atoms with Gasteiger partial charge < -0.3 is 15.4 Å². The van der Waals surface area contributed by atoms with Crippen LogP contribution in [-0.4, -0.2) is 32.2 Å². The molecule has 0 amide bonds. The van der Waals surface area contributed by atoms with Crippen LogP contribution >= 0.6 is 0 Å². The van der Waals surface area contributed by atoms with Gasteiger partial charge in [0, 0.05) is 32.2 Å². The monoisotopic (exact) mass is 343 g/mol. The molecule has 1 heterocycles. The van der Waals surface area contributed by atoms with Crippen molar-refractivity contribution in [3.05, 3.63) is 35.4 Å². The largest absolute Gasteiger partial charge is 0.373 e. The highest BCUT2D eigenvalue weighted by Gasteiger charge is 2.27. The third-order valence-electron chi connectivity index (χ3n) is 5.55. The van der Waals surface area contributed by atoms with Crippen LogP contribution < -0.4 is 10.6 Å². The van der Waals surface area contributed by atoms with Crippen LogP contribution in [0.2, 0.25) is 0 Å². The van der Waals surface area contributed by atoms with Gasteiger partial charge in [0.15, 0.2) is 5.96 Å². The Morgan fingerprint density at radius 1 is 1.08 bits per heavy atom. The van der Waals surface area contributed by atoms with Crippen LogP contribution in [0, 0.1) is 12.8 Å². The minimum atomic E-state index is 0.189. The molecular formula is C21H33N3O. The molecule has 2 N–H and O–H groups in total. The second-order valence-corrected chi connectivity index (χ2v) is 7.54. The van der Waals surface area contributed by atoms with Crippen molar-refractivity contribution in [2.45, 2.75) is 64.0 Å². The maximum absolute atomic E-state index is 6.13. The number of nitrogens with zero attached hydrogens (tertiary/aromatic N) is 1. The van der Waals surface area contributed by atoms with Crippen LogP contribution in [0.3, 0.4) is 0 Å². The van der Waals surface area contributed by atoms with Crippen molar-refractivity contribution < 1.29 is 4.74 Å². The maximum Gasteiger partial charge on any atom is 0.191 e. The average molecular weight is 344 g/mol. The number of benzene rings is 1. The molecular weight excluding hydrogens is 310 g/mol.